The summed E-state index contributed by atoms with van der Waals surface area (Å²) in [6.07, 6.45) is 4.13. The molecule has 150 valence electrons. The number of hydrogen-bond acceptors (Lipinski definition) is 5. The molecule has 8 heteroatoms. The Morgan fingerprint density at radius 3 is 2.40 bits per heavy atom. The van der Waals surface area contributed by atoms with Crippen molar-refractivity contribution in [3.63, 3.8) is 0 Å². The Morgan fingerprint density at radius 2 is 1.70 bits per heavy atom. The van der Waals surface area contributed by atoms with Gasteiger partial charge in [0.2, 0.25) is 0 Å². The first-order valence-corrected chi connectivity index (χ1v) is 10.5. The lowest BCUT2D eigenvalue weighted by Crippen LogP contribution is -2.04. The van der Waals surface area contributed by atoms with Crippen LogP contribution in [-0.4, -0.2) is 37.5 Å². The topological polar surface area (TPSA) is 117 Å². The maximum atomic E-state index is 12.8. The lowest BCUT2D eigenvalue weighted by Gasteiger charge is -2.03. The first kappa shape index (κ1) is 20.8. The van der Waals surface area contributed by atoms with Gasteiger partial charge in [0.05, 0.1) is 15.3 Å². The number of aromatic nitrogens is 1. The average molecular weight is 420 g/mol. The number of carbonyl (C=O) groups excluding carboxylic acids is 1. The monoisotopic (exact) mass is 420 g/mol. The molecule has 0 aliphatic carbocycles. The van der Waals surface area contributed by atoms with Crippen LogP contribution < -0.4 is 0 Å². The first-order chi connectivity index (χ1) is 14.3. The number of phenols is 1. The smallest absolute Gasteiger partial charge is 0.339 e. The summed E-state index contributed by atoms with van der Waals surface area (Å²) in [6, 6.07) is 13.9. The van der Waals surface area contributed by atoms with E-state index < -0.39 is 21.6 Å². The van der Waals surface area contributed by atoms with Gasteiger partial charge >= 0.3 is 5.97 Å². The molecular weight excluding hydrogens is 404 g/mol. The summed E-state index contributed by atoms with van der Waals surface area (Å²) in [6.45, 7) is 0. The highest BCUT2D eigenvalue weighted by molar-refractivity contribution is 7.93. The van der Waals surface area contributed by atoms with Crippen LogP contribution in [-0.2, 0) is 9.73 Å². The van der Waals surface area contributed by atoms with Crippen molar-refractivity contribution < 1.29 is 24.0 Å². The zero-order chi connectivity index (χ0) is 21.7. The number of carboxylic acids is 1. The van der Waals surface area contributed by atoms with E-state index in [9.17, 15) is 18.9 Å². The first-order valence-electron chi connectivity index (χ1n) is 8.61. The molecule has 1 aromatic heterocycles. The van der Waals surface area contributed by atoms with Crippen molar-refractivity contribution in [2.45, 2.75) is 4.90 Å². The molecule has 0 saturated heterocycles. The number of amides is 1. The lowest BCUT2D eigenvalue weighted by molar-refractivity contribution is 0.0693. The summed E-state index contributed by atoms with van der Waals surface area (Å²) >= 11 is 0. The fourth-order valence-corrected chi connectivity index (χ4v) is 3.68. The molecule has 0 unspecified atom stereocenters. The van der Waals surface area contributed by atoms with Crippen LogP contribution in [0.1, 0.15) is 31.8 Å². The van der Waals surface area contributed by atoms with Crippen molar-refractivity contribution in [1.29, 1.82) is 0 Å². The highest BCUT2D eigenvalue weighted by Gasteiger charge is 2.12. The van der Waals surface area contributed by atoms with E-state index in [4.69, 9.17) is 5.11 Å². The Bertz CT molecular complexity index is 1310. The fraction of sp³-hybridized carbons (Fsp3) is 0.0455. The van der Waals surface area contributed by atoms with Crippen molar-refractivity contribution in [1.82, 2.24) is 4.98 Å². The number of carboxylic acid groups (broad SMARTS) is 1. The number of aromatic hydroxyl groups is 1. The zero-order valence-electron chi connectivity index (χ0n) is 15.8. The van der Waals surface area contributed by atoms with Crippen LogP contribution in [0.4, 0.5) is 0 Å². The molecular formula is C22H16N2O5S. The molecule has 0 spiro atoms. The molecule has 30 heavy (non-hydrogen) atoms. The Balaban J connectivity index is 1.89. The number of rotatable bonds is 3. The second-order valence-corrected chi connectivity index (χ2v) is 8.52. The summed E-state index contributed by atoms with van der Waals surface area (Å²) in [5.41, 5.74) is 0.626. The van der Waals surface area contributed by atoms with Gasteiger partial charge in [-0.3, -0.25) is 9.78 Å². The molecule has 0 aliphatic heterocycles. The van der Waals surface area contributed by atoms with E-state index in [1.165, 1.54) is 42.9 Å². The molecule has 1 atom stereocenters. The number of hydrogen-bond donors (Lipinski definition) is 2. The third-order valence-corrected chi connectivity index (χ3v) is 5.66. The zero-order valence-corrected chi connectivity index (χ0v) is 16.6. The number of aromatic carboxylic acids is 1. The molecule has 0 radical (unpaired) electrons. The highest BCUT2D eigenvalue weighted by atomic mass is 32.2. The third kappa shape index (κ3) is 4.90. The number of nitrogens with zero attached hydrogens (tertiary/aromatic N) is 2. The van der Waals surface area contributed by atoms with E-state index >= 15 is 0 Å². The van der Waals surface area contributed by atoms with E-state index in [1.807, 2.05) is 0 Å². The van der Waals surface area contributed by atoms with Gasteiger partial charge in [0.1, 0.15) is 11.3 Å². The molecule has 1 amide bonds. The minimum absolute atomic E-state index is 0.129. The molecule has 2 N–H and O–H groups in total. The van der Waals surface area contributed by atoms with Gasteiger partial charge in [-0.25, -0.2) is 9.00 Å². The van der Waals surface area contributed by atoms with Gasteiger partial charge in [-0.1, -0.05) is 30.0 Å². The lowest BCUT2D eigenvalue weighted by atomic mass is 10.1. The third-order valence-electron chi connectivity index (χ3n) is 4.00. The molecule has 3 aromatic rings. The van der Waals surface area contributed by atoms with Crippen molar-refractivity contribution >= 4 is 21.6 Å². The molecule has 2 aromatic carbocycles. The predicted molar refractivity (Wildman–Crippen MR) is 111 cm³/mol. The van der Waals surface area contributed by atoms with Gasteiger partial charge in [0, 0.05) is 34.7 Å². The second-order valence-electron chi connectivity index (χ2n) is 6.26. The van der Waals surface area contributed by atoms with Crippen molar-refractivity contribution in [2.24, 2.45) is 4.36 Å². The Kier molecular flexibility index (Phi) is 5.95. The second kappa shape index (κ2) is 8.59. The molecule has 3 rings (SSSR count). The van der Waals surface area contributed by atoms with Crippen molar-refractivity contribution in [3.8, 4) is 17.6 Å². The van der Waals surface area contributed by atoms with Gasteiger partial charge in [-0.2, -0.15) is 4.36 Å². The van der Waals surface area contributed by atoms with Gasteiger partial charge in [-0.15, -0.1) is 0 Å². The molecule has 0 aliphatic rings. The van der Waals surface area contributed by atoms with Crippen LogP contribution in [0.2, 0.25) is 0 Å². The Hall–Kier alpha value is -3.96. The predicted octanol–water partition coefficient (Wildman–Crippen LogP) is 3.18. The van der Waals surface area contributed by atoms with Crippen LogP contribution >= 0.6 is 0 Å². The summed E-state index contributed by atoms with van der Waals surface area (Å²) in [7, 11) is -2.91. The van der Waals surface area contributed by atoms with E-state index in [0.717, 1.165) is 0 Å². The van der Waals surface area contributed by atoms with E-state index in [2.05, 4.69) is 21.2 Å². The summed E-state index contributed by atoms with van der Waals surface area (Å²) < 4.78 is 16.6. The summed E-state index contributed by atoms with van der Waals surface area (Å²) in [4.78, 5) is 28.0. The Labute approximate surface area is 173 Å². The van der Waals surface area contributed by atoms with E-state index in [-0.39, 0.29) is 16.9 Å². The van der Waals surface area contributed by atoms with Crippen LogP contribution in [0.15, 0.2) is 76.2 Å². The molecule has 0 bridgehead atoms. The van der Waals surface area contributed by atoms with Crippen LogP contribution in [0.25, 0.3) is 0 Å². The number of carbonyl (C=O) groups is 2. The molecule has 0 fully saturated rings. The Morgan fingerprint density at radius 1 is 1.00 bits per heavy atom. The van der Waals surface area contributed by atoms with Crippen LogP contribution in [0.3, 0.4) is 0 Å². The van der Waals surface area contributed by atoms with Gasteiger partial charge in [0.25, 0.3) is 5.91 Å². The van der Waals surface area contributed by atoms with Crippen molar-refractivity contribution in [2.75, 3.05) is 6.26 Å². The molecule has 7 nitrogen and oxygen atoms in total. The van der Waals surface area contributed by atoms with Crippen LogP contribution in [0, 0.1) is 11.8 Å². The maximum absolute atomic E-state index is 12.8. The SMILES string of the molecule is C[S@@](=O)(=NC(=O)c1cncc(C#Cc2ccc(O)c(C(=O)O)c2)c1)c1ccccc1. The summed E-state index contributed by atoms with van der Waals surface area (Å²) in [5, 5.41) is 18.6. The van der Waals surface area contributed by atoms with E-state index in [0.29, 0.717) is 16.0 Å². The normalized spacial score (nSPS) is 12.2. The number of pyridine rings is 1. The van der Waals surface area contributed by atoms with Crippen molar-refractivity contribution in [3.05, 3.63) is 89.2 Å². The number of benzene rings is 2. The average Bonchev–Trinajstić information content (AvgIpc) is 2.73. The minimum atomic E-state index is -2.91. The quantitative estimate of drug-likeness (QED) is 0.629. The minimum Gasteiger partial charge on any atom is -0.507 e. The van der Waals surface area contributed by atoms with Crippen LogP contribution in [0.5, 0.6) is 5.75 Å². The largest absolute Gasteiger partial charge is 0.507 e. The molecule has 1 heterocycles. The fourth-order valence-electron chi connectivity index (χ4n) is 2.49. The van der Waals surface area contributed by atoms with Gasteiger partial charge < -0.3 is 10.2 Å². The maximum Gasteiger partial charge on any atom is 0.339 e. The molecule has 0 saturated carbocycles. The van der Waals surface area contributed by atoms with E-state index in [1.54, 1.807) is 30.3 Å². The van der Waals surface area contributed by atoms with Gasteiger partial charge in [-0.05, 0) is 36.4 Å². The highest BCUT2D eigenvalue weighted by Crippen LogP contribution is 2.18. The summed E-state index contributed by atoms with van der Waals surface area (Å²) in [5.74, 6) is 3.24. The standard InChI is InChI=1S/C22H16N2O5S/c1-30(29,18-5-3-2-4-6-18)24-21(26)17-11-16(13-23-14-17)8-7-15-9-10-20(25)19(12-15)22(27)28/h2-6,9-14,25H,1H3,(H,27,28)/t30-/m0/s1. The van der Waals surface area contributed by atoms with Gasteiger partial charge in [0.15, 0.2) is 0 Å².